The Bertz CT molecular complexity index is 660. The van der Waals surface area contributed by atoms with E-state index in [0.717, 1.165) is 5.56 Å². The third-order valence-corrected chi connectivity index (χ3v) is 3.63. The number of rotatable bonds is 4. The van der Waals surface area contributed by atoms with Crippen molar-refractivity contribution in [2.24, 2.45) is 0 Å². The number of anilines is 1. The van der Waals surface area contributed by atoms with Crippen LogP contribution in [0.2, 0.25) is 0 Å². The van der Waals surface area contributed by atoms with Crippen molar-refractivity contribution in [1.29, 1.82) is 0 Å². The van der Waals surface area contributed by atoms with E-state index >= 15 is 0 Å². The van der Waals surface area contributed by atoms with Crippen molar-refractivity contribution in [1.82, 2.24) is 0 Å². The summed E-state index contributed by atoms with van der Waals surface area (Å²) in [5, 5.41) is 1.84. The second kappa shape index (κ2) is 6.99. The van der Waals surface area contributed by atoms with Crippen LogP contribution >= 0.6 is 22.6 Å². The van der Waals surface area contributed by atoms with Crippen LogP contribution in [-0.2, 0) is 11.4 Å². The summed E-state index contributed by atoms with van der Waals surface area (Å²) in [6.45, 7) is 0.286. The number of carbonyl (C=O) groups excluding carboxylic acids is 1. The molecule has 0 atom stereocenters. The highest BCUT2D eigenvalue weighted by Gasteiger charge is 2.38. The SMILES string of the molecule is O=C(Nc1cc(OCc2ccccc2)ccc1I)C(F)(F)F. The highest BCUT2D eigenvalue weighted by molar-refractivity contribution is 14.1. The maximum absolute atomic E-state index is 12.3. The summed E-state index contributed by atoms with van der Waals surface area (Å²) in [6, 6.07) is 13.9. The molecule has 3 nitrogen and oxygen atoms in total. The van der Waals surface area contributed by atoms with Crippen molar-refractivity contribution in [2.45, 2.75) is 12.8 Å². The van der Waals surface area contributed by atoms with Gasteiger partial charge in [-0.15, -0.1) is 0 Å². The fourth-order valence-electron chi connectivity index (χ4n) is 1.62. The summed E-state index contributed by atoms with van der Waals surface area (Å²) in [7, 11) is 0. The molecule has 2 aromatic rings. The molecular weight excluding hydrogens is 410 g/mol. The largest absolute Gasteiger partial charge is 0.489 e. The first kappa shape index (κ1) is 16.6. The molecule has 0 saturated heterocycles. The van der Waals surface area contributed by atoms with E-state index in [0.29, 0.717) is 9.32 Å². The third-order valence-electron chi connectivity index (χ3n) is 2.69. The molecule has 0 aliphatic heterocycles. The van der Waals surface area contributed by atoms with E-state index in [1.165, 1.54) is 6.07 Å². The minimum atomic E-state index is -4.93. The topological polar surface area (TPSA) is 38.3 Å². The molecule has 1 N–H and O–H groups in total. The Kier molecular flexibility index (Phi) is 5.28. The Balaban J connectivity index is 2.08. The third kappa shape index (κ3) is 4.62. The Hall–Kier alpha value is -1.77. The van der Waals surface area contributed by atoms with Crippen LogP contribution in [0.25, 0.3) is 0 Å². The van der Waals surface area contributed by atoms with Crippen LogP contribution < -0.4 is 10.1 Å². The van der Waals surface area contributed by atoms with E-state index in [1.54, 1.807) is 12.1 Å². The summed E-state index contributed by atoms with van der Waals surface area (Å²) in [5.74, 6) is -1.63. The van der Waals surface area contributed by atoms with E-state index in [1.807, 2.05) is 58.2 Å². The molecule has 0 fully saturated rings. The maximum atomic E-state index is 12.3. The van der Waals surface area contributed by atoms with Crippen LogP contribution in [0.5, 0.6) is 5.75 Å². The number of carbonyl (C=O) groups is 1. The summed E-state index contributed by atoms with van der Waals surface area (Å²) >= 11 is 1.84. The smallest absolute Gasteiger partial charge is 0.471 e. The lowest BCUT2D eigenvalue weighted by Gasteiger charge is -2.12. The Morgan fingerprint density at radius 1 is 1.14 bits per heavy atom. The molecule has 2 aromatic carbocycles. The van der Waals surface area contributed by atoms with Gasteiger partial charge in [-0.1, -0.05) is 30.3 Å². The Morgan fingerprint density at radius 3 is 2.45 bits per heavy atom. The average Bonchev–Trinajstić information content (AvgIpc) is 2.48. The van der Waals surface area contributed by atoms with E-state index < -0.39 is 12.1 Å². The summed E-state index contributed by atoms with van der Waals surface area (Å²) in [5.41, 5.74) is 0.996. The van der Waals surface area contributed by atoms with Gasteiger partial charge in [0.2, 0.25) is 0 Å². The predicted octanol–water partition coefficient (Wildman–Crippen LogP) is 4.37. The predicted molar refractivity (Wildman–Crippen MR) is 84.6 cm³/mol. The fraction of sp³-hybridized carbons (Fsp3) is 0.133. The van der Waals surface area contributed by atoms with Gasteiger partial charge in [0.1, 0.15) is 12.4 Å². The van der Waals surface area contributed by atoms with Crippen LogP contribution in [0.4, 0.5) is 18.9 Å². The van der Waals surface area contributed by atoms with Crippen molar-refractivity contribution >= 4 is 34.2 Å². The molecule has 0 unspecified atom stereocenters. The van der Waals surface area contributed by atoms with Gasteiger partial charge in [0.05, 0.1) is 5.69 Å². The number of alkyl halides is 3. The Labute approximate surface area is 138 Å². The second-order valence-corrected chi connectivity index (χ2v) is 5.53. The number of benzene rings is 2. The van der Waals surface area contributed by atoms with Crippen LogP contribution in [0.3, 0.4) is 0 Å². The molecule has 22 heavy (non-hydrogen) atoms. The van der Waals surface area contributed by atoms with Crippen molar-refractivity contribution in [2.75, 3.05) is 5.32 Å². The van der Waals surface area contributed by atoms with Gasteiger partial charge in [-0.25, -0.2) is 0 Å². The molecule has 0 spiro atoms. The maximum Gasteiger partial charge on any atom is 0.471 e. The molecule has 0 radical (unpaired) electrons. The number of ether oxygens (including phenoxy) is 1. The molecule has 0 aliphatic carbocycles. The van der Waals surface area contributed by atoms with Gasteiger partial charge in [0.25, 0.3) is 0 Å². The van der Waals surface area contributed by atoms with E-state index in [9.17, 15) is 18.0 Å². The van der Waals surface area contributed by atoms with E-state index in [4.69, 9.17) is 4.74 Å². The quantitative estimate of drug-likeness (QED) is 0.745. The van der Waals surface area contributed by atoms with Gasteiger partial charge in [-0.3, -0.25) is 4.79 Å². The number of amides is 1. The second-order valence-electron chi connectivity index (χ2n) is 4.37. The minimum Gasteiger partial charge on any atom is -0.489 e. The van der Waals surface area contributed by atoms with Crippen molar-refractivity contribution in [3.8, 4) is 5.75 Å². The standard InChI is InChI=1S/C15H11F3INO2/c16-15(17,18)14(21)20-13-8-11(6-7-12(13)19)22-9-10-4-2-1-3-5-10/h1-8H,9H2,(H,20,21). The van der Waals surface area contributed by atoms with E-state index in [-0.39, 0.29) is 12.3 Å². The molecule has 0 aliphatic rings. The minimum absolute atomic E-state index is 0.0634. The lowest BCUT2D eigenvalue weighted by Crippen LogP contribution is -2.30. The number of nitrogens with one attached hydrogen (secondary N) is 1. The summed E-state index contributed by atoms with van der Waals surface area (Å²) in [4.78, 5) is 11.0. The summed E-state index contributed by atoms with van der Waals surface area (Å²) in [6.07, 6.45) is -4.93. The van der Waals surface area contributed by atoms with E-state index in [2.05, 4.69) is 0 Å². The highest BCUT2D eigenvalue weighted by Crippen LogP contribution is 2.27. The van der Waals surface area contributed by atoms with Gasteiger partial charge >= 0.3 is 12.1 Å². The van der Waals surface area contributed by atoms with Crippen molar-refractivity contribution in [3.63, 3.8) is 0 Å². The highest BCUT2D eigenvalue weighted by atomic mass is 127. The van der Waals surface area contributed by atoms with Gasteiger partial charge < -0.3 is 10.1 Å². The normalized spacial score (nSPS) is 11.1. The molecule has 2 rings (SSSR count). The molecular formula is C15H11F3INO2. The average molecular weight is 421 g/mol. The lowest BCUT2D eigenvalue weighted by atomic mass is 10.2. The molecule has 1 amide bonds. The Morgan fingerprint density at radius 2 is 1.82 bits per heavy atom. The first-order valence-corrected chi connectivity index (χ1v) is 7.28. The fourth-order valence-corrected chi connectivity index (χ4v) is 2.09. The zero-order chi connectivity index (χ0) is 16.2. The van der Waals surface area contributed by atoms with Gasteiger partial charge in [-0.2, -0.15) is 13.2 Å². The van der Waals surface area contributed by atoms with Gasteiger partial charge in [-0.05, 0) is 40.3 Å². The van der Waals surface area contributed by atoms with Gasteiger partial charge in [0, 0.05) is 9.64 Å². The first-order chi connectivity index (χ1) is 10.4. The number of halogens is 4. The molecule has 0 heterocycles. The zero-order valence-electron chi connectivity index (χ0n) is 11.2. The molecule has 116 valence electrons. The van der Waals surface area contributed by atoms with Crippen LogP contribution in [0, 0.1) is 3.57 Å². The van der Waals surface area contributed by atoms with Crippen LogP contribution in [0.15, 0.2) is 48.5 Å². The van der Waals surface area contributed by atoms with Crippen LogP contribution in [-0.4, -0.2) is 12.1 Å². The van der Waals surface area contributed by atoms with Crippen molar-refractivity contribution in [3.05, 3.63) is 57.7 Å². The molecule has 0 aromatic heterocycles. The summed E-state index contributed by atoms with van der Waals surface area (Å²) < 4.78 is 42.9. The molecule has 7 heteroatoms. The first-order valence-electron chi connectivity index (χ1n) is 6.21. The number of hydrogen-bond donors (Lipinski definition) is 1. The molecule has 0 bridgehead atoms. The molecule has 0 saturated carbocycles. The van der Waals surface area contributed by atoms with Gasteiger partial charge in [0.15, 0.2) is 0 Å². The number of hydrogen-bond acceptors (Lipinski definition) is 2. The monoisotopic (exact) mass is 421 g/mol. The van der Waals surface area contributed by atoms with Crippen LogP contribution in [0.1, 0.15) is 5.56 Å². The van der Waals surface area contributed by atoms with Crippen molar-refractivity contribution < 1.29 is 22.7 Å². The lowest BCUT2D eigenvalue weighted by molar-refractivity contribution is -0.167. The zero-order valence-corrected chi connectivity index (χ0v) is 13.3.